The third-order valence-corrected chi connectivity index (χ3v) is 6.41. The van der Waals surface area contributed by atoms with Crippen LogP contribution in [0.3, 0.4) is 0 Å². The van der Waals surface area contributed by atoms with E-state index in [1.54, 1.807) is 17.6 Å². The Morgan fingerprint density at radius 1 is 1.23 bits per heavy atom. The third kappa shape index (κ3) is 6.95. The second-order valence-electron chi connectivity index (χ2n) is 7.42. The summed E-state index contributed by atoms with van der Waals surface area (Å²) < 4.78 is 30.3. The van der Waals surface area contributed by atoms with Crippen molar-refractivity contribution in [1.82, 2.24) is 19.9 Å². The molecule has 1 aliphatic rings. The van der Waals surface area contributed by atoms with Crippen LogP contribution < -0.4 is 10.6 Å². The molecule has 2 N–H and O–H groups in total. The summed E-state index contributed by atoms with van der Waals surface area (Å²) in [6.07, 6.45) is 4.61. The van der Waals surface area contributed by atoms with Gasteiger partial charge in [0.1, 0.15) is 6.26 Å². The largest absolute Gasteiger partial charge is 0.444 e. The zero-order chi connectivity index (χ0) is 20.9. The van der Waals surface area contributed by atoms with E-state index in [4.69, 9.17) is 4.42 Å². The summed E-state index contributed by atoms with van der Waals surface area (Å²) in [5, 5.41) is 6.56. The van der Waals surface area contributed by atoms with Gasteiger partial charge in [0.15, 0.2) is 5.96 Å². The monoisotopic (exact) mass is 547 g/mol. The zero-order valence-corrected chi connectivity index (χ0v) is 20.7. The fourth-order valence-electron chi connectivity index (χ4n) is 3.30. The first-order valence-corrected chi connectivity index (χ1v) is 11.6. The number of halogens is 1. The van der Waals surface area contributed by atoms with Crippen LogP contribution in [0.25, 0.3) is 11.5 Å². The van der Waals surface area contributed by atoms with Crippen molar-refractivity contribution in [2.75, 3.05) is 32.9 Å². The number of aryl methyl sites for hydroxylation is 1. The standard InChI is InChI=1S/C20H29N5O3S.HI/c1-15-4-6-17(7-5-15)19-24-18(14-28-19)13-23-20(21-2)22-12-16-8-10-25(11-9-16)29(3,26)27;/h4-7,14,16H,8-13H2,1-3H3,(H2,21,22,23);1H. The summed E-state index contributed by atoms with van der Waals surface area (Å²) in [5.41, 5.74) is 2.94. The first-order valence-electron chi connectivity index (χ1n) is 9.76. The van der Waals surface area contributed by atoms with E-state index in [1.807, 2.05) is 31.2 Å². The van der Waals surface area contributed by atoms with Crippen molar-refractivity contribution >= 4 is 40.0 Å². The van der Waals surface area contributed by atoms with Crippen LogP contribution in [0.2, 0.25) is 0 Å². The average Bonchev–Trinajstić information content (AvgIpc) is 3.17. The molecule has 8 nitrogen and oxygen atoms in total. The molecule has 2 aromatic rings. The van der Waals surface area contributed by atoms with E-state index < -0.39 is 10.0 Å². The van der Waals surface area contributed by atoms with Crippen molar-refractivity contribution < 1.29 is 12.8 Å². The highest BCUT2D eigenvalue weighted by Crippen LogP contribution is 2.19. The minimum atomic E-state index is -3.08. The van der Waals surface area contributed by atoms with E-state index in [0.29, 0.717) is 37.4 Å². The molecule has 1 aromatic heterocycles. The molecule has 1 aliphatic heterocycles. The van der Waals surface area contributed by atoms with Crippen LogP contribution in [0, 0.1) is 12.8 Å². The van der Waals surface area contributed by atoms with Crippen molar-refractivity contribution in [2.45, 2.75) is 26.3 Å². The molecule has 0 spiro atoms. The molecule has 0 radical (unpaired) electrons. The maximum atomic E-state index is 11.6. The van der Waals surface area contributed by atoms with E-state index in [0.717, 1.165) is 30.6 Å². The number of piperidine rings is 1. The molecule has 0 bridgehead atoms. The number of aliphatic imine (C=N–C) groups is 1. The molecule has 1 saturated heterocycles. The summed E-state index contributed by atoms with van der Waals surface area (Å²) in [4.78, 5) is 8.77. The van der Waals surface area contributed by atoms with E-state index in [9.17, 15) is 8.42 Å². The van der Waals surface area contributed by atoms with Crippen molar-refractivity contribution in [3.05, 3.63) is 41.8 Å². The van der Waals surface area contributed by atoms with Gasteiger partial charge in [-0.05, 0) is 37.8 Å². The number of hydrogen-bond acceptors (Lipinski definition) is 5. The number of sulfonamides is 1. The number of guanidine groups is 1. The number of nitrogens with one attached hydrogen (secondary N) is 2. The maximum Gasteiger partial charge on any atom is 0.226 e. The second kappa shape index (κ2) is 11.1. The minimum absolute atomic E-state index is 0. The van der Waals surface area contributed by atoms with Crippen molar-refractivity contribution in [3.8, 4) is 11.5 Å². The van der Waals surface area contributed by atoms with Gasteiger partial charge in [-0.15, -0.1) is 24.0 Å². The number of nitrogens with zero attached hydrogens (tertiary/aromatic N) is 3. The molecule has 10 heteroatoms. The lowest BCUT2D eigenvalue weighted by Crippen LogP contribution is -2.43. The molecule has 2 heterocycles. The van der Waals surface area contributed by atoms with Crippen LogP contribution in [0.15, 0.2) is 39.9 Å². The Morgan fingerprint density at radius 2 is 1.90 bits per heavy atom. The normalized spacial score (nSPS) is 16.2. The van der Waals surface area contributed by atoms with Gasteiger partial charge >= 0.3 is 0 Å². The highest BCUT2D eigenvalue weighted by Gasteiger charge is 2.24. The predicted octanol–water partition coefficient (Wildman–Crippen LogP) is 2.60. The van der Waals surface area contributed by atoms with E-state index >= 15 is 0 Å². The first-order chi connectivity index (χ1) is 13.8. The molecule has 1 aromatic carbocycles. The lowest BCUT2D eigenvalue weighted by atomic mass is 9.98. The molecule has 1 fully saturated rings. The topological polar surface area (TPSA) is 99.8 Å². The van der Waals surface area contributed by atoms with E-state index in [-0.39, 0.29) is 24.0 Å². The molecule has 0 aliphatic carbocycles. The Kier molecular flexibility index (Phi) is 9.10. The van der Waals surface area contributed by atoms with Gasteiger partial charge in [-0.1, -0.05) is 17.7 Å². The number of hydrogen-bond donors (Lipinski definition) is 2. The van der Waals surface area contributed by atoms with Crippen LogP contribution in [0.1, 0.15) is 24.1 Å². The summed E-state index contributed by atoms with van der Waals surface area (Å²) >= 11 is 0. The molecule has 166 valence electrons. The fourth-order valence-corrected chi connectivity index (χ4v) is 4.17. The maximum absolute atomic E-state index is 11.6. The number of benzene rings is 1. The molecular weight excluding hydrogens is 517 g/mol. The lowest BCUT2D eigenvalue weighted by molar-refractivity contribution is 0.275. The van der Waals surface area contributed by atoms with E-state index in [1.165, 1.54) is 11.8 Å². The highest BCUT2D eigenvalue weighted by molar-refractivity contribution is 14.0. The summed E-state index contributed by atoms with van der Waals surface area (Å²) in [7, 11) is -1.36. The summed E-state index contributed by atoms with van der Waals surface area (Å²) in [5.74, 6) is 1.71. The second-order valence-corrected chi connectivity index (χ2v) is 9.40. The third-order valence-electron chi connectivity index (χ3n) is 5.11. The molecule has 0 unspecified atom stereocenters. The van der Waals surface area contributed by atoms with E-state index in [2.05, 4.69) is 20.6 Å². The predicted molar refractivity (Wildman–Crippen MR) is 129 cm³/mol. The number of rotatable bonds is 6. The Labute approximate surface area is 195 Å². The molecule has 30 heavy (non-hydrogen) atoms. The Bertz CT molecular complexity index is 936. The van der Waals surface area contributed by atoms with Crippen molar-refractivity contribution in [1.29, 1.82) is 0 Å². The zero-order valence-electron chi connectivity index (χ0n) is 17.6. The fraction of sp³-hybridized carbons (Fsp3) is 0.500. The Balaban J connectivity index is 0.00000320. The van der Waals surface area contributed by atoms with Crippen LogP contribution >= 0.6 is 24.0 Å². The number of oxazole rings is 1. The Hall–Kier alpha value is -1.66. The van der Waals surface area contributed by atoms with Crippen LogP contribution in [-0.2, 0) is 16.6 Å². The molecule has 0 amide bonds. The van der Waals surface area contributed by atoms with Gasteiger partial charge in [-0.25, -0.2) is 17.7 Å². The van der Waals surface area contributed by atoms with Gasteiger partial charge < -0.3 is 15.1 Å². The van der Waals surface area contributed by atoms with Crippen LogP contribution in [0.4, 0.5) is 0 Å². The highest BCUT2D eigenvalue weighted by atomic mass is 127. The summed E-state index contributed by atoms with van der Waals surface area (Å²) in [6.45, 7) is 4.46. The molecular formula is C20H30IN5O3S. The van der Waals surface area contributed by atoms with Crippen LogP contribution in [0.5, 0.6) is 0 Å². The van der Waals surface area contributed by atoms with Crippen molar-refractivity contribution in [3.63, 3.8) is 0 Å². The number of aromatic nitrogens is 1. The van der Waals surface area contributed by atoms with Gasteiger partial charge in [0.05, 0.1) is 18.5 Å². The average molecular weight is 547 g/mol. The van der Waals surface area contributed by atoms with Gasteiger partial charge in [0, 0.05) is 32.2 Å². The lowest BCUT2D eigenvalue weighted by Gasteiger charge is -2.30. The quantitative estimate of drug-likeness (QED) is 0.328. The summed E-state index contributed by atoms with van der Waals surface area (Å²) in [6, 6.07) is 8.05. The van der Waals surface area contributed by atoms with Gasteiger partial charge in [-0.2, -0.15) is 0 Å². The van der Waals surface area contributed by atoms with Gasteiger partial charge in [0.25, 0.3) is 0 Å². The molecule has 0 atom stereocenters. The molecule has 0 saturated carbocycles. The van der Waals surface area contributed by atoms with Gasteiger partial charge in [0.2, 0.25) is 15.9 Å². The Morgan fingerprint density at radius 3 is 2.50 bits per heavy atom. The smallest absolute Gasteiger partial charge is 0.226 e. The van der Waals surface area contributed by atoms with Crippen molar-refractivity contribution in [2.24, 2.45) is 10.9 Å². The SMILES string of the molecule is CN=C(NCc1coc(-c2ccc(C)cc2)n1)NCC1CCN(S(C)(=O)=O)CC1.I. The minimum Gasteiger partial charge on any atom is -0.444 e. The first kappa shape index (κ1) is 24.6. The van der Waals surface area contributed by atoms with Crippen LogP contribution in [-0.4, -0.2) is 56.6 Å². The molecule has 3 rings (SSSR count). The van der Waals surface area contributed by atoms with Gasteiger partial charge in [-0.3, -0.25) is 4.99 Å².